The number of benzene rings is 2. The van der Waals surface area contributed by atoms with Gasteiger partial charge in [-0.05, 0) is 35.7 Å². The molecule has 1 nitrogen and oxygen atoms in total. The van der Waals surface area contributed by atoms with Crippen LogP contribution in [-0.4, -0.2) is 0 Å². The maximum absolute atomic E-state index is 6.10. The number of halogens is 2. The maximum Gasteiger partial charge on any atom is 0.131 e. The lowest BCUT2D eigenvalue weighted by Crippen LogP contribution is -1.95. The van der Waals surface area contributed by atoms with Crippen LogP contribution in [0.4, 0.5) is 0 Å². The van der Waals surface area contributed by atoms with Crippen molar-refractivity contribution < 1.29 is 4.74 Å². The molecule has 3 heteroatoms. The minimum Gasteiger partial charge on any atom is -0.457 e. The first-order valence-electron chi connectivity index (χ1n) is 6.23. The van der Waals surface area contributed by atoms with Gasteiger partial charge in [-0.15, -0.1) is 0 Å². The van der Waals surface area contributed by atoms with Crippen LogP contribution in [0.1, 0.15) is 30.9 Å². The fourth-order valence-electron chi connectivity index (χ4n) is 1.92. The second-order valence-corrected chi connectivity index (χ2v) is 6.16. The highest BCUT2D eigenvalue weighted by Gasteiger charge is 2.10. The van der Waals surface area contributed by atoms with Crippen LogP contribution in [0.15, 0.2) is 46.9 Å². The zero-order valence-electron chi connectivity index (χ0n) is 11.0. The molecule has 2 aromatic rings. The number of rotatable bonds is 4. The third kappa shape index (κ3) is 3.61. The highest BCUT2D eigenvalue weighted by molar-refractivity contribution is 9.10. The molecule has 0 spiro atoms. The molecule has 100 valence electrons. The molecule has 19 heavy (non-hydrogen) atoms. The Balaban J connectivity index is 2.36. The van der Waals surface area contributed by atoms with E-state index in [0.717, 1.165) is 26.9 Å². The SMILES string of the molecule is CC(C)c1ccccc1Oc1ccc(Br)cc1CBr. The first kappa shape index (κ1) is 14.6. The Labute approximate surface area is 131 Å². The summed E-state index contributed by atoms with van der Waals surface area (Å²) in [6.45, 7) is 4.35. The van der Waals surface area contributed by atoms with Crippen molar-refractivity contribution >= 4 is 31.9 Å². The van der Waals surface area contributed by atoms with E-state index in [-0.39, 0.29) is 0 Å². The summed E-state index contributed by atoms with van der Waals surface area (Å²) < 4.78 is 7.16. The zero-order valence-corrected chi connectivity index (χ0v) is 14.2. The van der Waals surface area contributed by atoms with Gasteiger partial charge in [-0.1, -0.05) is 63.9 Å². The second kappa shape index (κ2) is 6.58. The highest BCUT2D eigenvalue weighted by Crippen LogP contribution is 2.33. The van der Waals surface area contributed by atoms with Gasteiger partial charge in [-0.25, -0.2) is 0 Å². The van der Waals surface area contributed by atoms with Crippen LogP contribution >= 0.6 is 31.9 Å². The molecule has 2 aromatic carbocycles. The number of hydrogen-bond acceptors (Lipinski definition) is 1. The van der Waals surface area contributed by atoms with Crippen LogP contribution in [0, 0.1) is 0 Å². The van der Waals surface area contributed by atoms with Crippen molar-refractivity contribution in [1.82, 2.24) is 0 Å². The largest absolute Gasteiger partial charge is 0.457 e. The lowest BCUT2D eigenvalue weighted by atomic mass is 10.0. The molecule has 0 bridgehead atoms. The molecule has 0 aromatic heterocycles. The van der Waals surface area contributed by atoms with E-state index in [4.69, 9.17) is 4.74 Å². The van der Waals surface area contributed by atoms with Crippen LogP contribution in [0.25, 0.3) is 0 Å². The summed E-state index contributed by atoms with van der Waals surface area (Å²) in [5.74, 6) is 2.27. The summed E-state index contributed by atoms with van der Waals surface area (Å²) >= 11 is 6.99. The Hall–Kier alpha value is -0.800. The minimum atomic E-state index is 0.444. The molecule has 0 amide bonds. The molecule has 0 N–H and O–H groups in total. The molecular weight excluding hydrogens is 368 g/mol. The number of alkyl halides is 1. The Bertz CT molecular complexity index is 564. The monoisotopic (exact) mass is 382 g/mol. The molecule has 0 unspecified atom stereocenters. The average molecular weight is 384 g/mol. The molecule has 0 saturated heterocycles. The van der Waals surface area contributed by atoms with Crippen LogP contribution in [0.2, 0.25) is 0 Å². The van der Waals surface area contributed by atoms with Gasteiger partial charge in [0.15, 0.2) is 0 Å². The maximum atomic E-state index is 6.10. The summed E-state index contributed by atoms with van der Waals surface area (Å²) in [6, 6.07) is 14.3. The van der Waals surface area contributed by atoms with E-state index in [0.29, 0.717) is 5.92 Å². The fraction of sp³-hybridized carbons (Fsp3) is 0.250. The highest BCUT2D eigenvalue weighted by atomic mass is 79.9. The summed E-state index contributed by atoms with van der Waals surface area (Å²) in [5, 5.41) is 0.769. The number of ether oxygens (including phenoxy) is 1. The second-order valence-electron chi connectivity index (χ2n) is 4.68. The predicted octanol–water partition coefficient (Wildman–Crippen LogP) is 6.26. The standard InChI is InChI=1S/C16H16Br2O/c1-11(2)14-5-3-4-6-16(14)19-15-8-7-13(18)9-12(15)10-17/h3-9,11H,10H2,1-2H3. The number of para-hydroxylation sites is 1. The van der Waals surface area contributed by atoms with Gasteiger partial charge in [0, 0.05) is 15.4 Å². The third-order valence-corrected chi connectivity index (χ3v) is 4.02. The van der Waals surface area contributed by atoms with Crippen molar-refractivity contribution in [1.29, 1.82) is 0 Å². The summed E-state index contributed by atoms with van der Waals surface area (Å²) in [6.07, 6.45) is 0. The minimum absolute atomic E-state index is 0.444. The Morgan fingerprint density at radius 3 is 2.47 bits per heavy atom. The van der Waals surface area contributed by atoms with Crippen molar-refractivity contribution in [3.05, 3.63) is 58.1 Å². The Morgan fingerprint density at radius 2 is 1.79 bits per heavy atom. The van der Waals surface area contributed by atoms with Gasteiger partial charge in [0.25, 0.3) is 0 Å². The number of hydrogen-bond donors (Lipinski definition) is 0. The van der Waals surface area contributed by atoms with E-state index in [1.807, 2.05) is 24.3 Å². The van der Waals surface area contributed by atoms with E-state index in [9.17, 15) is 0 Å². The van der Waals surface area contributed by atoms with E-state index in [2.05, 4.69) is 63.9 Å². The quantitative estimate of drug-likeness (QED) is 0.566. The van der Waals surface area contributed by atoms with Gasteiger partial charge >= 0.3 is 0 Å². The van der Waals surface area contributed by atoms with Crippen molar-refractivity contribution in [2.75, 3.05) is 0 Å². The van der Waals surface area contributed by atoms with Crippen molar-refractivity contribution in [3.63, 3.8) is 0 Å². The van der Waals surface area contributed by atoms with Gasteiger partial charge < -0.3 is 4.74 Å². The smallest absolute Gasteiger partial charge is 0.131 e. The first-order chi connectivity index (χ1) is 9.11. The molecule has 0 aliphatic heterocycles. The molecule has 0 heterocycles. The van der Waals surface area contributed by atoms with Crippen LogP contribution in [0.5, 0.6) is 11.5 Å². The van der Waals surface area contributed by atoms with Crippen molar-refractivity contribution in [2.24, 2.45) is 0 Å². The Kier molecular flexibility index (Phi) is 5.06. The van der Waals surface area contributed by atoms with Gasteiger partial charge in [0.2, 0.25) is 0 Å². The van der Waals surface area contributed by atoms with Gasteiger partial charge in [-0.3, -0.25) is 0 Å². The van der Waals surface area contributed by atoms with Crippen LogP contribution in [0.3, 0.4) is 0 Å². The van der Waals surface area contributed by atoms with E-state index in [1.54, 1.807) is 0 Å². The topological polar surface area (TPSA) is 9.23 Å². The van der Waals surface area contributed by atoms with Crippen molar-refractivity contribution in [3.8, 4) is 11.5 Å². The molecule has 0 aliphatic carbocycles. The molecule has 0 fully saturated rings. The van der Waals surface area contributed by atoms with Gasteiger partial charge in [-0.2, -0.15) is 0 Å². The Morgan fingerprint density at radius 1 is 1.05 bits per heavy atom. The van der Waals surface area contributed by atoms with Gasteiger partial charge in [0.1, 0.15) is 11.5 Å². The van der Waals surface area contributed by atoms with E-state index >= 15 is 0 Å². The summed E-state index contributed by atoms with van der Waals surface area (Å²) in [7, 11) is 0. The lowest BCUT2D eigenvalue weighted by molar-refractivity contribution is 0.469. The third-order valence-electron chi connectivity index (χ3n) is 2.93. The predicted molar refractivity (Wildman–Crippen MR) is 87.4 cm³/mol. The molecule has 0 aliphatic rings. The molecule has 0 atom stereocenters. The average Bonchev–Trinajstić information content (AvgIpc) is 2.41. The first-order valence-corrected chi connectivity index (χ1v) is 8.14. The van der Waals surface area contributed by atoms with E-state index in [1.165, 1.54) is 5.56 Å². The van der Waals surface area contributed by atoms with Crippen LogP contribution in [-0.2, 0) is 5.33 Å². The fourth-order valence-corrected chi connectivity index (χ4v) is 2.77. The summed E-state index contributed by atoms with van der Waals surface area (Å²) in [4.78, 5) is 0. The van der Waals surface area contributed by atoms with Gasteiger partial charge in [0.05, 0.1) is 0 Å². The molecule has 0 radical (unpaired) electrons. The molecule has 2 rings (SSSR count). The van der Waals surface area contributed by atoms with Crippen LogP contribution < -0.4 is 4.74 Å². The zero-order chi connectivity index (χ0) is 13.8. The normalized spacial score (nSPS) is 10.8. The van der Waals surface area contributed by atoms with E-state index < -0.39 is 0 Å². The molecular formula is C16H16Br2O. The summed E-state index contributed by atoms with van der Waals surface area (Å²) in [5.41, 5.74) is 2.36. The lowest BCUT2D eigenvalue weighted by Gasteiger charge is -2.15. The van der Waals surface area contributed by atoms with Crippen molar-refractivity contribution in [2.45, 2.75) is 25.1 Å². The molecule has 0 saturated carbocycles.